The van der Waals surface area contributed by atoms with Gasteiger partial charge in [-0.3, -0.25) is 0 Å². The minimum atomic E-state index is -4.82. The van der Waals surface area contributed by atoms with E-state index in [1.807, 2.05) is 13.8 Å². The molecule has 1 saturated heterocycles. The standard InChI is InChI=1S/C14H17F3N2O3/c1-9-10(2)21-8-7-19(9)13(20)18-11-5-3-4-6-12(11)22-14(15,16)17/h3-6,9-10H,7-8H2,1-2H3,(H,18,20)/t9-,10+/m1/s1. The number of carbonyl (C=O) groups excluding carboxylic acids is 1. The predicted octanol–water partition coefficient (Wildman–Crippen LogP) is 3.23. The number of hydrogen-bond donors (Lipinski definition) is 1. The van der Waals surface area contributed by atoms with Crippen molar-refractivity contribution in [2.75, 3.05) is 18.5 Å². The summed E-state index contributed by atoms with van der Waals surface area (Å²) in [6, 6.07) is 4.76. The fourth-order valence-corrected chi connectivity index (χ4v) is 2.19. The summed E-state index contributed by atoms with van der Waals surface area (Å²) < 4.78 is 46.4. The summed E-state index contributed by atoms with van der Waals surface area (Å²) in [5.74, 6) is -0.447. The van der Waals surface area contributed by atoms with Crippen molar-refractivity contribution in [3.8, 4) is 5.75 Å². The predicted molar refractivity (Wildman–Crippen MR) is 73.7 cm³/mol. The van der Waals surface area contributed by atoms with Crippen molar-refractivity contribution in [2.45, 2.75) is 32.4 Å². The van der Waals surface area contributed by atoms with Crippen molar-refractivity contribution in [3.63, 3.8) is 0 Å². The average molecular weight is 318 g/mol. The fraction of sp³-hybridized carbons (Fsp3) is 0.500. The number of alkyl halides is 3. The number of para-hydroxylation sites is 2. The molecule has 22 heavy (non-hydrogen) atoms. The van der Waals surface area contributed by atoms with Gasteiger partial charge in [0.2, 0.25) is 0 Å². The maximum Gasteiger partial charge on any atom is 0.573 e. The van der Waals surface area contributed by atoms with Crippen LogP contribution in [0.15, 0.2) is 24.3 Å². The molecule has 0 spiro atoms. The molecule has 122 valence electrons. The summed E-state index contributed by atoms with van der Waals surface area (Å²) in [6.07, 6.45) is -4.96. The number of anilines is 1. The molecule has 1 aliphatic heterocycles. The van der Waals surface area contributed by atoms with Crippen LogP contribution in [0.2, 0.25) is 0 Å². The fourth-order valence-electron chi connectivity index (χ4n) is 2.19. The number of ether oxygens (including phenoxy) is 2. The van der Waals surface area contributed by atoms with E-state index in [0.29, 0.717) is 13.2 Å². The Kier molecular flexibility index (Phi) is 4.80. The Hall–Kier alpha value is -1.96. The second-order valence-corrected chi connectivity index (χ2v) is 4.98. The topological polar surface area (TPSA) is 50.8 Å². The zero-order valence-electron chi connectivity index (χ0n) is 12.2. The van der Waals surface area contributed by atoms with E-state index in [0.717, 1.165) is 6.07 Å². The molecule has 1 fully saturated rings. The van der Waals surface area contributed by atoms with Gasteiger partial charge in [0.15, 0.2) is 5.75 Å². The van der Waals surface area contributed by atoms with Crippen LogP contribution in [0.5, 0.6) is 5.75 Å². The van der Waals surface area contributed by atoms with E-state index in [-0.39, 0.29) is 17.8 Å². The van der Waals surface area contributed by atoms with E-state index >= 15 is 0 Å². The molecule has 1 N–H and O–H groups in total. The molecule has 0 unspecified atom stereocenters. The molecular formula is C14H17F3N2O3. The van der Waals surface area contributed by atoms with E-state index < -0.39 is 18.1 Å². The molecule has 1 aliphatic rings. The molecule has 2 atom stereocenters. The molecule has 2 rings (SSSR count). The molecule has 1 aromatic carbocycles. The summed E-state index contributed by atoms with van der Waals surface area (Å²) in [4.78, 5) is 13.8. The van der Waals surface area contributed by atoms with Gasteiger partial charge in [0, 0.05) is 6.54 Å². The number of benzene rings is 1. The highest BCUT2D eigenvalue weighted by atomic mass is 19.4. The Bertz CT molecular complexity index is 536. The van der Waals surface area contributed by atoms with E-state index in [2.05, 4.69) is 10.1 Å². The third-order valence-electron chi connectivity index (χ3n) is 3.50. The van der Waals surface area contributed by atoms with Gasteiger partial charge in [0.25, 0.3) is 0 Å². The van der Waals surface area contributed by atoms with Crippen LogP contribution in [0.3, 0.4) is 0 Å². The van der Waals surface area contributed by atoms with Crippen LogP contribution in [0, 0.1) is 0 Å². The number of urea groups is 1. The van der Waals surface area contributed by atoms with Gasteiger partial charge in [-0.1, -0.05) is 12.1 Å². The first-order valence-corrected chi connectivity index (χ1v) is 6.82. The maximum absolute atomic E-state index is 12.4. The van der Waals surface area contributed by atoms with E-state index in [1.165, 1.54) is 23.1 Å². The first-order chi connectivity index (χ1) is 10.3. The monoisotopic (exact) mass is 318 g/mol. The summed E-state index contributed by atoms with van der Waals surface area (Å²) in [6.45, 7) is 4.42. The highest BCUT2D eigenvalue weighted by molar-refractivity contribution is 5.91. The van der Waals surface area contributed by atoms with Gasteiger partial charge in [0.1, 0.15) is 0 Å². The summed E-state index contributed by atoms with van der Waals surface area (Å²) in [5.41, 5.74) is -0.0313. The first-order valence-electron chi connectivity index (χ1n) is 6.82. The van der Waals surface area contributed by atoms with Crippen LogP contribution in [-0.2, 0) is 4.74 Å². The minimum absolute atomic E-state index is 0.0313. The van der Waals surface area contributed by atoms with Crippen molar-refractivity contribution in [1.82, 2.24) is 4.90 Å². The van der Waals surface area contributed by atoms with Crippen LogP contribution in [-0.4, -0.2) is 42.6 Å². The zero-order chi connectivity index (χ0) is 16.3. The lowest BCUT2D eigenvalue weighted by atomic mass is 10.1. The molecule has 0 aromatic heterocycles. The number of amides is 2. The van der Waals surface area contributed by atoms with Crippen LogP contribution in [0.4, 0.5) is 23.7 Å². The molecule has 1 heterocycles. The Balaban J connectivity index is 2.11. The largest absolute Gasteiger partial charge is 0.573 e. The van der Waals surface area contributed by atoms with Gasteiger partial charge in [-0.2, -0.15) is 0 Å². The number of morpholine rings is 1. The molecule has 0 saturated carbocycles. The van der Waals surface area contributed by atoms with Crippen LogP contribution < -0.4 is 10.1 Å². The first kappa shape index (κ1) is 16.4. The Morgan fingerprint density at radius 1 is 1.36 bits per heavy atom. The number of carbonyl (C=O) groups is 1. The number of rotatable bonds is 2. The molecule has 8 heteroatoms. The third kappa shape index (κ3) is 4.03. The highest BCUT2D eigenvalue weighted by Gasteiger charge is 2.33. The smallest absolute Gasteiger partial charge is 0.404 e. The molecule has 0 bridgehead atoms. The Morgan fingerprint density at radius 2 is 2.05 bits per heavy atom. The van der Waals surface area contributed by atoms with Crippen molar-refractivity contribution in [2.24, 2.45) is 0 Å². The second kappa shape index (κ2) is 6.43. The van der Waals surface area contributed by atoms with Gasteiger partial charge >= 0.3 is 12.4 Å². The number of hydrogen-bond acceptors (Lipinski definition) is 3. The van der Waals surface area contributed by atoms with Crippen molar-refractivity contribution < 1.29 is 27.4 Å². The normalized spacial score (nSPS) is 22.3. The highest BCUT2D eigenvalue weighted by Crippen LogP contribution is 2.30. The van der Waals surface area contributed by atoms with E-state index in [9.17, 15) is 18.0 Å². The van der Waals surface area contributed by atoms with E-state index in [4.69, 9.17) is 4.74 Å². The average Bonchev–Trinajstić information content (AvgIpc) is 2.42. The number of nitrogens with one attached hydrogen (secondary N) is 1. The SMILES string of the molecule is C[C@@H]1OCCN(C(=O)Nc2ccccc2OC(F)(F)F)[C@@H]1C. The zero-order valence-corrected chi connectivity index (χ0v) is 12.2. The van der Waals surface area contributed by atoms with Crippen molar-refractivity contribution >= 4 is 11.7 Å². The van der Waals surface area contributed by atoms with Crippen LogP contribution >= 0.6 is 0 Å². The molecule has 2 amide bonds. The molecular weight excluding hydrogens is 301 g/mol. The van der Waals surface area contributed by atoms with Crippen LogP contribution in [0.1, 0.15) is 13.8 Å². The molecule has 0 aliphatic carbocycles. The number of nitrogens with zero attached hydrogens (tertiary/aromatic N) is 1. The van der Waals surface area contributed by atoms with Crippen molar-refractivity contribution in [1.29, 1.82) is 0 Å². The lowest BCUT2D eigenvalue weighted by molar-refractivity contribution is -0.274. The lowest BCUT2D eigenvalue weighted by Crippen LogP contribution is -2.52. The summed E-state index contributed by atoms with van der Waals surface area (Å²) in [5, 5.41) is 2.46. The molecule has 0 radical (unpaired) electrons. The van der Waals surface area contributed by atoms with Gasteiger partial charge in [-0.25, -0.2) is 4.79 Å². The minimum Gasteiger partial charge on any atom is -0.404 e. The molecule has 1 aromatic rings. The maximum atomic E-state index is 12.4. The van der Waals surface area contributed by atoms with Gasteiger partial charge < -0.3 is 19.7 Å². The van der Waals surface area contributed by atoms with Crippen LogP contribution in [0.25, 0.3) is 0 Å². The Labute approximate surface area is 126 Å². The lowest BCUT2D eigenvalue weighted by Gasteiger charge is -2.37. The third-order valence-corrected chi connectivity index (χ3v) is 3.50. The molecule has 5 nitrogen and oxygen atoms in total. The van der Waals surface area contributed by atoms with Gasteiger partial charge in [0.05, 0.1) is 24.4 Å². The second-order valence-electron chi connectivity index (χ2n) is 4.98. The van der Waals surface area contributed by atoms with Crippen molar-refractivity contribution in [3.05, 3.63) is 24.3 Å². The Morgan fingerprint density at radius 3 is 2.73 bits per heavy atom. The quantitative estimate of drug-likeness (QED) is 0.911. The van der Waals surface area contributed by atoms with E-state index in [1.54, 1.807) is 0 Å². The summed E-state index contributed by atoms with van der Waals surface area (Å²) in [7, 11) is 0. The van der Waals surface area contributed by atoms with Gasteiger partial charge in [-0.05, 0) is 26.0 Å². The number of halogens is 3. The van der Waals surface area contributed by atoms with Gasteiger partial charge in [-0.15, -0.1) is 13.2 Å². The summed E-state index contributed by atoms with van der Waals surface area (Å²) >= 11 is 0.